The fraction of sp³-hybridized carbons (Fsp3) is 0.400. The quantitative estimate of drug-likeness (QED) is 0.529. The van der Waals surface area contributed by atoms with Crippen molar-refractivity contribution in [1.82, 2.24) is 20.1 Å². The third-order valence-corrected chi connectivity index (χ3v) is 5.38. The number of aliphatic hydroxyl groups is 1. The normalized spacial score (nSPS) is 13.5. The SMILES string of the molecule is C=C(NCC(C)(C)CO)C1=C=CC=Cc2nn(Cc3cnc(CCC(F)(F)F)c(C)c3)cc21. The minimum Gasteiger partial charge on any atom is -0.396 e. The van der Waals surface area contributed by atoms with Gasteiger partial charge >= 0.3 is 6.18 Å². The zero-order valence-electron chi connectivity index (χ0n) is 19.1. The molecule has 0 fully saturated rings. The van der Waals surface area contributed by atoms with E-state index in [4.69, 9.17) is 0 Å². The first-order chi connectivity index (χ1) is 15.5. The van der Waals surface area contributed by atoms with Crippen LogP contribution in [0.4, 0.5) is 13.2 Å². The molecule has 33 heavy (non-hydrogen) atoms. The highest BCUT2D eigenvalue weighted by Crippen LogP contribution is 2.27. The van der Waals surface area contributed by atoms with Crippen LogP contribution in [0.2, 0.25) is 0 Å². The minimum atomic E-state index is -4.19. The van der Waals surface area contributed by atoms with Crippen molar-refractivity contribution in [1.29, 1.82) is 0 Å². The molecule has 2 N–H and O–H groups in total. The Bertz CT molecular complexity index is 1120. The molecular weight excluding hydrogens is 429 g/mol. The van der Waals surface area contributed by atoms with E-state index in [1.54, 1.807) is 23.9 Å². The lowest BCUT2D eigenvalue weighted by atomic mass is 9.94. The Morgan fingerprint density at radius 2 is 2.06 bits per heavy atom. The van der Waals surface area contributed by atoms with Gasteiger partial charge in [0.15, 0.2) is 0 Å². The highest BCUT2D eigenvalue weighted by molar-refractivity contribution is 5.82. The van der Waals surface area contributed by atoms with Gasteiger partial charge in [-0.3, -0.25) is 9.67 Å². The first-order valence-corrected chi connectivity index (χ1v) is 10.7. The lowest BCUT2D eigenvalue weighted by Gasteiger charge is -2.23. The van der Waals surface area contributed by atoms with Crippen LogP contribution in [0, 0.1) is 12.3 Å². The number of nitrogens with one attached hydrogen (secondary N) is 1. The Hall–Kier alpha value is -3.09. The van der Waals surface area contributed by atoms with Crippen molar-refractivity contribution >= 4 is 11.6 Å². The van der Waals surface area contributed by atoms with Gasteiger partial charge in [-0.25, -0.2) is 0 Å². The summed E-state index contributed by atoms with van der Waals surface area (Å²) in [6, 6.07) is 1.86. The van der Waals surface area contributed by atoms with Gasteiger partial charge in [0.2, 0.25) is 0 Å². The topological polar surface area (TPSA) is 63.0 Å². The van der Waals surface area contributed by atoms with Gasteiger partial charge in [-0.05, 0) is 36.6 Å². The molecule has 0 spiro atoms. The van der Waals surface area contributed by atoms with E-state index in [0.717, 1.165) is 28.0 Å². The zero-order valence-corrected chi connectivity index (χ0v) is 19.1. The highest BCUT2D eigenvalue weighted by atomic mass is 19.4. The summed E-state index contributed by atoms with van der Waals surface area (Å²) in [5, 5.41) is 17.4. The molecule has 0 aromatic carbocycles. The van der Waals surface area contributed by atoms with Gasteiger partial charge in [-0.1, -0.05) is 32.6 Å². The van der Waals surface area contributed by atoms with E-state index in [1.165, 1.54) is 0 Å². The second-order valence-electron chi connectivity index (χ2n) is 9.05. The summed E-state index contributed by atoms with van der Waals surface area (Å²) < 4.78 is 39.3. The number of allylic oxidation sites excluding steroid dienone is 2. The van der Waals surface area contributed by atoms with Gasteiger partial charge in [-0.2, -0.15) is 18.3 Å². The van der Waals surface area contributed by atoms with Crippen molar-refractivity contribution < 1.29 is 18.3 Å². The maximum absolute atomic E-state index is 12.5. The molecule has 0 radical (unpaired) electrons. The molecular formula is C25H29F3N4O. The number of pyridine rings is 1. The van der Waals surface area contributed by atoms with Crippen LogP contribution in [0.3, 0.4) is 0 Å². The number of alkyl halides is 3. The number of fused-ring (bicyclic) bond motifs is 1. The third kappa shape index (κ3) is 6.70. The Morgan fingerprint density at radius 1 is 1.30 bits per heavy atom. The first kappa shape index (κ1) is 24.6. The van der Waals surface area contributed by atoms with E-state index in [0.29, 0.717) is 24.5 Å². The van der Waals surface area contributed by atoms with Crippen molar-refractivity contribution in [2.45, 2.75) is 46.3 Å². The molecule has 3 rings (SSSR count). The molecule has 0 saturated heterocycles. The van der Waals surface area contributed by atoms with Crippen LogP contribution < -0.4 is 5.32 Å². The number of aryl methyl sites for hydroxylation is 2. The van der Waals surface area contributed by atoms with Crippen LogP contribution in [-0.2, 0) is 13.0 Å². The van der Waals surface area contributed by atoms with Gasteiger partial charge in [-0.15, -0.1) is 5.73 Å². The van der Waals surface area contributed by atoms with E-state index in [2.05, 4.69) is 27.7 Å². The molecule has 1 aliphatic carbocycles. The van der Waals surface area contributed by atoms with Crippen LogP contribution in [0.1, 0.15) is 48.3 Å². The maximum atomic E-state index is 12.5. The van der Waals surface area contributed by atoms with Gasteiger partial charge in [0.05, 0.1) is 12.2 Å². The summed E-state index contributed by atoms with van der Waals surface area (Å²) in [5.74, 6) is 0. The van der Waals surface area contributed by atoms with Crippen LogP contribution in [0.5, 0.6) is 0 Å². The predicted octanol–water partition coefficient (Wildman–Crippen LogP) is 4.82. The summed E-state index contributed by atoms with van der Waals surface area (Å²) in [4.78, 5) is 4.25. The monoisotopic (exact) mass is 458 g/mol. The van der Waals surface area contributed by atoms with Crippen molar-refractivity contribution in [3.05, 3.63) is 76.7 Å². The first-order valence-electron chi connectivity index (χ1n) is 10.7. The Morgan fingerprint density at radius 3 is 2.73 bits per heavy atom. The van der Waals surface area contributed by atoms with E-state index in [9.17, 15) is 18.3 Å². The van der Waals surface area contributed by atoms with Crippen molar-refractivity contribution in [3.63, 3.8) is 0 Å². The second-order valence-corrected chi connectivity index (χ2v) is 9.05. The van der Waals surface area contributed by atoms with E-state index in [-0.39, 0.29) is 18.4 Å². The van der Waals surface area contributed by atoms with Gasteiger partial charge in [0.25, 0.3) is 0 Å². The molecule has 0 atom stereocenters. The Kier molecular flexibility index (Phi) is 7.30. The standard InChI is InChI=1S/C25H29F3N4O/c1-17-11-19(12-29-22(17)9-10-25(26,27)28)13-32-14-21-20(7-5-6-8-23(21)31-32)18(2)30-15-24(3,4)16-33/h5-6,8,11-12,14,30,33H,2,9-10,13,15-16H2,1,3-4H3. The summed E-state index contributed by atoms with van der Waals surface area (Å²) >= 11 is 0. The fourth-order valence-corrected chi connectivity index (χ4v) is 3.38. The summed E-state index contributed by atoms with van der Waals surface area (Å²) in [5.41, 5.74) is 8.09. The molecule has 2 aromatic rings. The van der Waals surface area contributed by atoms with Gasteiger partial charge in [0, 0.05) is 59.9 Å². The Balaban J connectivity index is 1.76. The molecule has 0 saturated carbocycles. The van der Waals surface area contributed by atoms with Gasteiger partial charge < -0.3 is 10.4 Å². The van der Waals surface area contributed by atoms with Crippen molar-refractivity contribution in [2.24, 2.45) is 5.41 Å². The summed E-state index contributed by atoms with van der Waals surface area (Å²) in [7, 11) is 0. The van der Waals surface area contributed by atoms with Crippen LogP contribution >= 0.6 is 0 Å². The molecule has 2 aromatic heterocycles. The average molecular weight is 459 g/mol. The van der Waals surface area contributed by atoms with E-state index in [1.807, 2.05) is 38.3 Å². The van der Waals surface area contributed by atoms with Crippen molar-refractivity contribution in [3.8, 4) is 0 Å². The molecule has 8 heteroatoms. The zero-order chi connectivity index (χ0) is 24.2. The molecule has 1 aliphatic rings. The molecule has 0 unspecified atom stereocenters. The highest BCUT2D eigenvalue weighted by Gasteiger charge is 2.27. The summed E-state index contributed by atoms with van der Waals surface area (Å²) in [6.07, 6.45) is 3.86. The number of aromatic nitrogens is 3. The molecule has 2 heterocycles. The molecule has 5 nitrogen and oxygen atoms in total. The Labute approximate surface area is 192 Å². The maximum Gasteiger partial charge on any atom is 0.389 e. The second kappa shape index (κ2) is 9.81. The number of rotatable bonds is 9. The van der Waals surface area contributed by atoms with E-state index >= 15 is 0 Å². The van der Waals surface area contributed by atoms with Gasteiger partial charge in [0.1, 0.15) is 0 Å². The minimum absolute atomic E-state index is 0.0509. The number of halogens is 3. The van der Waals surface area contributed by atoms with Crippen LogP contribution in [-0.4, -0.2) is 39.2 Å². The third-order valence-electron chi connectivity index (χ3n) is 5.38. The number of nitrogens with zero attached hydrogens (tertiary/aromatic N) is 3. The largest absolute Gasteiger partial charge is 0.396 e. The number of hydrogen-bond donors (Lipinski definition) is 2. The van der Waals surface area contributed by atoms with Crippen molar-refractivity contribution in [2.75, 3.05) is 13.2 Å². The lowest BCUT2D eigenvalue weighted by Crippen LogP contribution is -2.31. The summed E-state index contributed by atoms with van der Waals surface area (Å²) in [6.45, 7) is 10.9. The molecule has 0 amide bonds. The average Bonchev–Trinajstić information content (AvgIpc) is 3.02. The molecule has 0 bridgehead atoms. The molecule has 176 valence electrons. The number of aliphatic hydroxyl groups excluding tert-OH is 1. The number of hydrogen-bond acceptors (Lipinski definition) is 4. The predicted molar refractivity (Wildman–Crippen MR) is 123 cm³/mol. The van der Waals surface area contributed by atoms with Crippen LogP contribution in [0.15, 0.2) is 48.6 Å². The smallest absolute Gasteiger partial charge is 0.389 e. The lowest BCUT2D eigenvalue weighted by molar-refractivity contribution is -0.134. The van der Waals surface area contributed by atoms with E-state index < -0.39 is 12.6 Å². The van der Waals surface area contributed by atoms with Crippen LogP contribution in [0.25, 0.3) is 11.6 Å². The molecule has 0 aliphatic heterocycles. The fourth-order valence-electron chi connectivity index (χ4n) is 3.38.